The molecule has 4 N–H and O–H groups in total. The second-order valence-corrected chi connectivity index (χ2v) is 6.65. The summed E-state index contributed by atoms with van der Waals surface area (Å²) in [6, 6.07) is 13.0. The minimum atomic E-state index is -0.503. The molecule has 3 rings (SSSR count). The molecule has 0 fully saturated rings. The first-order valence-electron chi connectivity index (χ1n) is 8.79. The molecule has 2 aromatic carbocycles. The van der Waals surface area contributed by atoms with Crippen molar-refractivity contribution < 1.29 is 4.79 Å². The average Bonchev–Trinajstić information content (AvgIpc) is 2.67. The maximum Gasteiger partial charge on any atom is 0.250 e. The number of nitrogens with two attached hydrogens (primary N) is 1. The number of aryl methyl sites for hydroxylation is 1. The van der Waals surface area contributed by atoms with Crippen LogP contribution in [-0.2, 0) is 6.42 Å². The smallest absolute Gasteiger partial charge is 0.250 e. The Bertz CT molecular complexity index is 958. The third-order valence-corrected chi connectivity index (χ3v) is 4.60. The van der Waals surface area contributed by atoms with Crippen LogP contribution in [-0.4, -0.2) is 29.5 Å². The van der Waals surface area contributed by atoms with Crippen LogP contribution < -0.4 is 16.4 Å². The lowest BCUT2D eigenvalue weighted by atomic mass is 10.1. The van der Waals surface area contributed by atoms with Crippen molar-refractivity contribution in [1.82, 2.24) is 15.3 Å². The quantitative estimate of drug-likeness (QED) is 0.582. The number of nitrogens with one attached hydrogen (secondary N) is 2. The summed E-state index contributed by atoms with van der Waals surface area (Å²) < 4.78 is 0. The number of nitrogens with zero attached hydrogens (tertiary/aromatic N) is 2. The van der Waals surface area contributed by atoms with Gasteiger partial charge in [-0.2, -0.15) is 0 Å². The van der Waals surface area contributed by atoms with Crippen LogP contribution in [0.2, 0.25) is 5.02 Å². The molecule has 1 heterocycles. The van der Waals surface area contributed by atoms with Crippen LogP contribution >= 0.6 is 11.6 Å². The van der Waals surface area contributed by atoms with E-state index in [0.717, 1.165) is 10.9 Å². The molecule has 0 saturated heterocycles. The number of likely N-dealkylation sites (N-methyl/N-ethyl adjacent to an activating group) is 1. The molecule has 3 aromatic rings. The highest BCUT2D eigenvalue weighted by Gasteiger charge is 2.17. The zero-order valence-corrected chi connectivity index (χ0v) is 16.0. The van der Waals surface area contributed by atoms with Crippen molar-refractivity contribution in [2.45, 2.75) is 19.4 Å². The lowest BCUT2D eigenvalue weighted by Crippen LogP contribution is -2.24. The number of rotatable bonds is 7. The Labute approximate surface area is 163 Å². The molecule has 140 valence electrons. The van der Waals surface area contributed by atoms with Gasteiger partial charge in [0.2, 0.25) is 0 Å². The highest BCUT2D eigenvalue weighted by molar-refractivity contribution is 6.30. The number of fused-ring (bicyclic) bond motifs is 1. The molecule has 0 aliphatic heterocycles. The summed E-state index contributed by atoms with van der Waals surface area (Å²) in [4.78, 5) is 21.0. The highest BCUT2D eigenvalue weighted by atomic mass is 35.5. The van der Waals surface area contributed by atoms with Crippen molar-refractivity contribution in [2.24, 2.45) is 5.73 Å². The first kappa shape index (κ1) is 19.1. The minimum Gasteiger partial charge on any atom is -0.366 e. The highest BCUT2D eigenvalue weighted by Crippen LogP contribution is 2.27. The number of para-hydroxylation sites is 1. The van der Waals surface area contributed by atoms with Gasteiger partial charge in [-0.3, -0.25) is 4.79 Å². The summed E-state index contributed by atoms with van der Waals surface area (Å²) in [6.45, 7) is 2.66. The summed E-state index contributed by atoms with van der Waals surface area (Å²) in [5, 5.41) is 8.14. The zero-order chi connectivity index (χ0) is 19.4. The number of carbonyl (C=O) groups is 1. The molecular formula is C20H22ClN5O. The molecule has 1 aromatic heterocycles. The van der Waals surface area contributed by atoms with E-state index in [0.29, 0.717) is 40.7 Å². The number of benzene rings is 2. The summed E-state index contributed by atoms with van der Waals surface area (Å²) >= 11 is 6.02. The fourth-order valence-corrected chi connectivity index (χ4v) is 3.11. The summed E-state index contributed by atoms with van der Waals surface area (Å²) in [5.41, 5.74) is 7.57. The van der Waals surface area contributed by atoms with Gasteiger partial charge < -0.3 is 16.4 Å². The second-order valence-electron chi connectivity index (χ2n) is 6.21. The Kier molecular flexibility index (Phi) is 5.88. The second kappa shape index (κ2) is 8.33. The molecular weight excluding hydrogens is 362 g/mol. The first-order valence-corrected chi connectivity index (χ1v) is 9.17. The van der Waals surface area contributed by atoms with Crippen LogP contribution in [0.1, 0.15) is 34.7 Å². The Balaban J connectivity index is 2.09. The van der Waals surface area contributed by atoms with Gasteiger partial charge in [-0.15, -0.1) is 0 Å². The topological polar surface area (TPSA) is 92.9 Å². The van der Waals surface area contributed by atoms with E-state index in [-0.39, 0.29) is 6.04 Å². The van der Waals surface area contributed by atoms with Crippen molar-refractivity contribution in [3.05, 3.63) is 64.4 Å². The van der Waals surface area contributed by atoms with Gasteiger partial charge >= 0.3 is 0 Å². The van der Waals surface area contributed by atoms with Crippen LogP contribution in [0.5, 0.6) is 0 Å². The number of aromatic nitrogens is 2. The molecule has 0 saturated carbocycles. The zero-order valence-electron chi connectivity index (χ0n) is 15.3. The molecule has 7 heteroatoms. The molecule has 0 radical (unpaired) electrons. The SMILES string of the molecule is CCc1nc(NC(CNC)c2ccc(Cl)cc2)c2cccc(C(N)=O)c2n1. The number of hydrogen-bond acceptors (Lipinski definition) is 5. The van der Waals surface area contributed by atoms with E-state index >= 15 is 0 Å². The lowest BCUT2D eigenvalue weighted by molar-refractivity contribution is 0.100. The summed E-state index contributed by atoms with van der Waals surface area (Å²) in [5.74, 6) is 0.824. The molecule has 1 atom stereocenters. The van der Waals surface area contributed by atoms with Gasteiger partial charge in [0.25, 0.3) is 5.91 Å². The van der Waals surface area contributed by atoms with E-state index in [1.165, 1.54) is 0 Å². The van der Waals surface area contributed by atoms with Crippen molar-refractivity contribution in [2.75, 3.05) is 18.9 Å². The summed E-state index contributed by atoms with van der Waals surface area (Å²) in [7, 11) is 1.89. The van der Waals surface area contributed by atoms with Gasteiger partial charge in [0.1, 0.15) is 11.6 Å². The van der Waals surface area contributed by atoms with Gasteiger partial charge in [0, 0.05) is 23.4 Å². The van der Waals surface area contributed by atoms with Crippen molar-refractivity contribution in [3.8, 4) is 0 Å². The van der Waals surface area contributed by atoms with E-state index in [4.69, 9.17) is 17.3 Å². The maximum atomic E-state index is 11.8. The number of hydrogen-bond donors (Lipinski definition) is 3. The van der Waals surface area contributed by atoms with Gasteiger partial charge in [0.15, 0.2) is 0 Å². The third kappa shape index (κ3) is 4.18. The molecule has 0 aliphatic carbocycles. The van der Waals surface area contributed by atoms with E-state index in [1.807, 2.05) is 44.3 Å². The van der Waals surface area contributed by atoms with E-state index in [1.54, 1.807) is 12.1 Å². The number of carbonyl (C=O) groups excluding carboxylic acids is 1. The number of halogens is 1. The van der Waals surface area contributed by atoms with Crippen molar-refractivity contribution >= 4 is 34.2 Å². The minimum absolute atomic E-state index is 0.0349. The van der Waals surface area contributed by atoms with Gasteiger partial charge in [-0.05, 0) is 36.9 Å². The van der Waals surface area contributed by atoms with Crippen LogP contribution in [0.15, 0.2) is 42.5 Å². The van der Waals surface area contributed by atoms with Gasteiger partial charge in [0.05, 0.1) is 17.1 Å². The van der Waals surface area contributed by atoms with Gasteiger partial charge in [-0.25, -0.2) is 9.97 Å². The van der Waals surface area contributed by atoms with Crippen LogP contribution in [0.3, 0.4) is 0 Å². The third-order valence-electron chi connectivity index (χ3n) is 4.35. The molecule has 27 heavy (non-hydrogen) atoms. The maximum absolute atomic E-state index is 11.8. The number of anilines is 1. The fraction of sp³-hybridized carbons (Fsp3) is 0.250. The van der Waals surface area contributed by atoms with Gasteiger partial charge in [-0.1, -0.05) is 36.7 Å². The molecule has 1 unspecified atom stereocenters. The van der Waals surface area contributed by atoms with E-state index < -0.39 is 5.91 Å². The predicted molar refractivity (Wildman–Crippen MR) is 109 cm³/mol. The Morgan fingerprint density at radius 2 is 1.93 bits per heavy atom. The predicted octanol–water partition coefficient (Wildman–Crippen LogP) is 3.32. The Morgan fingerprint density at radius 3 is 2.56 bits per heavy atom. The van der Waals surface area contributed by atoms with Crippen LogP contribution in [0.4, 0.5) is 5.82 Å². The van der Waals surface area contributed by atoms with Crippen molar-refractivity contribution in [3.63, 3.8) is 0 Å². The summed E-state index contributed by atoms with van der Waals surface area (Å²) in [6.07, 6.45) is 0.648. The van der Waals surface area contributed by atoms with E-state index in [2.05, 4.69) is 20.6 Å². The Hall–Kier alpha value is -2.70. The van der Waals surface area contributed by atoms with Crippen molar-refractivity contribution in [1.29, 1.82) is 0 Å². The standard InChI is InChI=1S/C20H22ClN5O/c1-3-17-25-18-14(19(22)27)5-4-6-15(18)20(26-17)24-16(11-23-2)12-7-9-13(21)10-8-12/h4-10,16,23H,3,11H2,1-2H3,(H2,22,27)(H,24,25,26). The van der Waals surface area contributed by atoms with Crippen LogP contribution in [0, 0.1) is 0 Å². The monoisotopic (exact) mass is 383 g/mol. The molecule has 0 spiro atoms. The molecule has 0 aliphatic rings. The first-order chi connectivity index (χ1) is 13.0. The fourth-order valence-electron chi connectivity index (χ4n) is 2.98. The Morgan fingerprint density at radius 1 is 1.19 bits per heavy atom. The molecule has 1 amide bonds. The van der Waals surface area contributed by atoms with E-state index in [9.17, 15) is 4.79 Å². The number of primary amides is 1. The average molecular weight is 384 g/mol. The molecule has 0 bridgehead atoms. The number of amides is 1. The van der Waals surface area contributed by atoms with Crippen LogP contribution in [0.25, 0.3) is 10.9 Å². The normalized spacial score (nSPS) is 12.1. The largest absolute Gasteiger partial charge is 0.366 e. The lowest BCUT2D eigenvalue weighted by Gasteiger charge is -2.21. The molecule has 6 nitrogen and oxygen atoms in total.